The predicted octanol–water partition coefficient (Wildman–Crippen LogP) is 2.71. The van der Waals surface area contributed by atoms with E-state index in [-0.39, 0.29) is 5.96 Å². The van der Waals surface area contributed by atoms with Gasteiger partial charge >= 0.3 is 0 Å². The van der Waals surface area contributed by atoms with E-state index in [1.807, 2.05) is 18.2 Å². The smallest absolute Gasteiger partial charge is 0.213 e. The molecular weight excluding hydrogens is 228 g/mol. The fourth-order valence-electron chi connectivity index (χ4n) is 0.800. The Morgan fingerprint density at radius 3 is 2.31 bits per heavy atom. The summed E-state index contributed by atoms with van der Waals surface area (Å²) in [5.74, 6) is -2.98. The van der Waals surface area contributed by atoms with E-state index < -0.39 is 5.76 Å². The highest BCUT2D eigenvalue weighted by Crippen LogP contribution is 2.58. The van der Waals surface area contributed by atoms with Crippen LogP contribution in [0.25, 0.3) is 0 Å². The summed E-state index contributed by atoms with van der Waals surface area (Å²) >= 11 is 11.9. The van der Waals surface area contributed by atoms with Crippen molar-refractivity contribution < 1.29 is 0 Å². The van der Waals surface area contributed by atoms with Crippen LogP contribution < -0.4 is 11.0 Å². The van der Waals surface area contributed by atoms with E-state index >= 15 is 0 Å². The van der Waals surface area contributed by atoms with E-state index in [1.165, 1.54) is 0 Å². The van der Waals surface area contributed by atoms with Crippen LogP contribution in [-0.4, -0.2) is 5.96 Å². The molecule has 3 nitrogen and oxygen atoms in total. The second-order valence-electron chi connectivity index (χ2n) is 2.30. The molecule has 1 aromatic carbocycles. The first kappa shape index (κ1) is 10.6. The van der Waals surface area contributed by atoms with Gasteiger partial charge in [-0.25, -0.2) is 0 Å². The Morgan fingerprint density at radius 1 is 1.31 bits per heavy atom. The van der Waals surface area contributed by atoms with Gasteiger partial charge in [0.1, 0.15) is 0 Å². The zero-order valence-corrected chi connectivity index (χ0v) is 9.02. The topological polar surface area (TPSA) is 62.2 Å². The minimum atomic E-state index is -2.63. The first-order valence-corrected chi connectivity index (χ1v) is 6.99. The summed E-state index contributed by atoms with van der Waals surface area (Å²) in [7, 11) is 0. The summed E-state index contributed by atoms with van der Waals surface area (Å²) in [6.45, 7) is 0. The highest BCUT2D eigenvalue weighted by Gasteiger charge is 2.14. The first-order chi connectivity index (χ1) is 6.02. The Morgan fingerprint density at radius 2 is 1.85 bits per heavy atom. The molecule has 70 valence electrons. The van der Waals surface area contributed by atoms with Gasteiger partial charge in [-0.3, -0.25) is 5.41 Å². The van der Waals surface area contributed by atoms with Gasteiger partial charge in [0.05, 0.1) is 0 Å². The highest BCUT2D eigenvalue weighted by molar-refractivity contribution is 8.15. The lowest BCUT2D eigenvalue weighted by Crippen LogP contribution is -2.06. The average molecular weight is 236 g/mol. The third-order valence-electron chi connectivity index (χ3n) is 1.30. The summed E-state index contributed by atoms with van der Waals surface area (Å²) in [4.78, 5) is 0. The molecule has 1 aromatic rings. The first-order valence-electron chi connectivity index (χ1n) is 3.43. The van der Waals surface area contributed by atoms with Gasteiger partial charge in [0, 0.05) is 5.30 Å². The van der Waals surface area contributed by atoms with Crippen LogP contribution in [-0.2, 0) is 0 Å². The predicted molar refractivity (Wildman–Crippen MR) is 59.0 cm³/mol. The third kappa shape index (κ3) is 3.03. The maximum atomic E-state index is 6.97. The van der Waals surface area contributed by atoms with Crippen LogP contribution in [0.3, 0.4) is 0 Å². The van der Waals surface area contributed by atoms with Crippen molar-refractivity contribution in [1.82, 2.24) is 0 Å². The van der Waals surface area contributed by atoms with E-state index in [0.717, 1.165) is 0 Å². The maximum absolute atomic E-state index is 6.97. The van der Waals surface area contributed by atoms with E-state index in [9.17, 15) is 0 Å². The number of guanidine groups is 1. The lowest BCUT2D eigenvalue weighted by Gasteiger charge is -2.07. The largest absolute Gasteiger partial charge is 0.368 e. The highest BCUT2D eigenvalue weighted by atomic mass is 35.9. The SMILES string of the molecule is N=C(N)N=P(Cl)(Cl)c1ccccc1. The van der Waals surface area contributed by atoms with Crippen molar-refractivity contribution in [2.24, 2.45) is 10.5 Å². The van der Waals surface area contributed by atoms with Crippen molar-refractivity contribution in [1.29, 1.82) is 5.41 Å². The normalized spacial score (nSPS) is 10.9. The molecule has 13 heavy (non-hydrogen) atoms. The minimum absolute atomic E-state index is 0.345. The summed E-state index contributed by atoms with van der Waals surface area (Å²) in [5.41, 5.74) is 5.09. The van der Waals surface area contributed by atoms with Gasteiger partial charge in [-0.05, 0) is 0 Å². The summed E-state index contributed by atoms with van der Waals surface area (Å²) in [6.07, 6.45) is 0. The van der Waals surface area contributed by atoms with Gasteiger partial charge in [-0.2, -0.15) is 4.74 Å². The van der Waals surface area contributed by atoms with Crippen LogP contribution >= 0.6 is 28.2 Å². The summed E-state index contributed by atoms with van der Waals surface area (Å²) < 4.78 is 3.68. The fraction of sp³-hybridized carbons (Fsp3) is 0. The number of nitrogens with two attached hydrogens (primary N) is 1. The van der Waals surface area contributed by atoms with Crippen LogP contribution in [0, 0.1) is 5.41 Å². The van der Waals surface area contributed by atoms with E-state index in [4.69, 9.17) is 33.6 Å². The molecule has 1 rings (SSSR count). The molecule has 0 aliphatic carbocycles. The zero-order chi connectivity index (χ0) is 9.90. The van der Waals surface area contributed by atoms with Crippen molar-refractivity contribution in [3.8, 4) is 0 Å². The number of benzene rings is 1. The Kier molecular flexibility index (Phi) is 3.37. The van der Waals surface area contributed by atoms with Gasteiger partial charge in [0.2, 0.25) is 5.96 Å². The molecule has 0 fully saturated rings. The van der Waals surface area contributed by atoms with Crippen LogP contribution in [0.5, 0.6) is 0 Å². The average Bonchev–Trinajstić information content (AvgIpc) is 2.04. The molecule has 0 unspecified atom stereocenters. The van der Waals surface area contributed by atoms with Gasteiger partial charge in [-0.1, -0.05) is 52.8 Å². The lowest BCUT2D eigenvalue weighted by molar-refractivity contribution is 1.40. The molecule has 0 aromatic heterocycles. The third-order valence-corrected chi connectivity index (χ3v) is 4.31. The molecule has 0 saturated heterocycles. The molecule has 3 N–H and O–H groups in total. The number of rotatable bonds is 1. The van der Waals surface area contributed by atoms with Crippen LogP contribution in [0.1, 0.15) is 0 Å². The van der Waals surface area contributed by atoms with Crippen molar-refractivity contribution >= 4 is 39.5 Å². The molecule has 0 bridgehead atoms. The molecule has 0 saturated carbocycles. The molecule has 0 atom stereocenters. The Balaban J connectivity index is 3.15. The van der Waals surface area contributed by atoms with Crippen molar-refractivity contribution in [3.05, 3.63) is 30.3 Å². The molecule has 0 aliphatic rings. The number of nitrogens with zero attached hydrogens (tertiary/aromatic N) is 1. The van der Waals surface area contributed by atoms with Crippen LogP contribution in [0.2, 0.25) is 0 Å². The molecule has 0 radical (unpaired) electrons. The van der Waals surface area contributed by atoms with Crippen molar-refractivity contribution in [2.75, 3.05) is 0 Å². The Hall–Kier alpha value is -0.500. The maximum Gasteiger partial charge on any atom is 0.213 e. The molecule has 6 heteroatoms. The van der Waals surface area contributed by atoms with Gasteiger partial charge in [-0.15, -0.1) is 0 Å². The number of hydrogen-bond donors (Lipinski definition) is 2. The van der Waals surface area contributed by atoms with Crippen LogP contribution in [0.15, 0.2) is 35.1 Å². The van der Waals surface area contributed by atoms with Gasteiger partial charge in [0.25, 0.3) is 0 Å². The summed E-state index contributed by atoms with van der Waals surface area (Å²) in [5, 5.41) is 7.67. The van der Waals surface area contributed by atoms with Crippen molar-refractivity contribution in [2.45, 2.75) is 0 Å². The fourth-order valence-corrected chi connectivity index (χ4v) is 2.88. The van der Waals surface area contributed by atoms with Gasteiger partial charge in [0.15, 0.2) is 5.76 Å². The molecule has 0 heterocycles. The second-order valence-corrected chi connectivity index (χ2v) is 7.44. The monoisotopic (exact) mass is 235 g/mol. The zero-order valence-electron chi connectivity index (χ0n) is 6.61. The van der Waals surface area contributed by atoms with Crippen LogP contribution in [0.4, 0.5) is 0 Å². The molecule has 0 amide bonds. The number of nitrogens with one attached hydrogen (secondary N) is 1. The Bertz CT molecular complexity index is 357. The molecular formula is C7H8Cl2N3P. The van der Waals surface area contributed by atoms with Gasteiger partial charge < -0.3 is 5.73 Å². The van der Waals surface area contributed by atoms with E-state index in [1.54, 1.807) is 12.1 Å². The standard InChI is InChI=1S/C7H8Cl2N3P/c8-13(9,12-7(10)11)6-4-2-1-3-5-6/h1-5H,(H3,10,11). The van der Waals surface area contributed by atoms with E-state index in [2.05, 4.69) is 4.74 Å². The second kappa shape index (κ2) is 4.14. The quantitative estimate of drug-likeness (QED) is 0.439. The number of hydrogen-bond acceptors (Lipinski definition) is 1. The molecule has 0 spiro atoms. The van der Waals surface area contributed by atoms with E-state index in [0.29, 0.717) is 5.30 Å². The Labute approximate surface area is 86.0 Å². The lowest BCUT2D eigenvalue weighted by atomic mass is 10.4. The van der Waals surface area contributed by atoms with Crippen molar-refractivity contribution in [3.63, 3.8) is 0 Å². The number of halogens is 2. The summed E-state index contributed by atoms with van der Waals surface area (Å²) in [6, 6.07) is 9.00. The minimum Gasteiger partial charge on any atom is -0.368 e. The molecule has 0 aliphatic heterocycles.